The highest BCUT2D eigenvalue weighted by Crippen LogP contribution is 2.50. The molecule has 2 aliphatic rings. The summed E-state index contributed by atoms with van der Waals surface area (Å²) < 4.78 is 17.8. The highest BCUT2D eigenvalue weighted by atomic mass is 16.5. The highest BCUT2D eigenvalue weighted by Gasteiger charge is 2.41. The first-order valence-electron chi connectivity index (χ1n) is 13.6. The number of benzene rings is 4. The molecule has 196 valence electrons. The maximum Gasteiger partial charge on any atom is 0.162 e. The van der Waals surface area contributed by atoms with Gasteiger partial charge >= 0.3 is 0 Å². The third kappa shape index (κ3) is 4.14. The van der Waals surface area contributed by atoms with Gasteiger partial charge in [-0.3, -0.25) is 4.90 Å². The molecular formula is C34H32N2O3. The predicted octanol–water partition coefficient (Wildman–Crippen LogP) is 7.01. The topological polar surface area (TPSA) is 46.7 Å². The molecule has 5 nitrogen and oxygen atoms in total. The highest BCUT2D eigenvalue weighted by molar-refractivity contribution is 5.87. The zero-order valence-electron chi connectivity index (χ0n) is 22.3. The van der Waals surface area contributed by atoms with Crippen molar-refractivity contribution in [3.63, 3.8) is 0 Å². The van der Waals surface area contributed by atoms with Crippen molar-refractivity contribution < 1.29 is 14.2 Å². The van der Waals surface area contributed by atoms with Crippen LogP contribution in [-0.4, -0.2) is 30.6 Å². The molecule has 0 amide bonds. The summed E-state index contributed by atoms with van der Waals surface area (Å²) in [7, 11) is 3.46. The number of fused-ring (bicyclic) bond motifs is 6. The van der Waals surface area contributed by atoms with Crippen LogP contribution in [-0.2, 0) is 19.4 Å². The number of aromatic amines is 1. The molecule has 5 aromatic rings. The second-order valence-electron chi connectivity index (χ2n) is 10.4. The summed E-state index contributed by atoms with van der Waals surface area (Å²) >= 11 is 0. The number of nitrogens with one attached hydrogen (secondary N) is 1. The summed E-state index contributed by atoms with van der Waals surface area (Å²) in [4.78, 5) is 6.47. The van der Waals surface area contributed by atoms with Crippen molar-refractivity contribution in [3.8, 4) is 17.2 Å². The van der Waals surface area contributed by atoms with Gasteiger partial charge in [-0.25, -0.2) is 0 Å². The van der Waals surface area contributed by atoms with Crippen LogP contribution in [0.3, 0.4) is 0 Å². The van der Waals surface area contributed by atoms with Gasteiger partial charge in [-0.1, -0.05) is 60.7 Å². The Labute approximate surface area is 229 Å². The molecule has 0 aliphatic carbocycles. The number of nitrogens with zero attached hydrogens (tertiary/aromatic N) is 1. The summed E-state index contributed by atoms with van der Waals surface area (Å²) in [5.74, 6) is 2.48. The molecule has 0 spiro atoms. The number of hydrogen-bond donors (Lipinski definition) is 1. The molecule has 0 bridgehead atoms. The molecule has 7 rings (SSSR count). The molecule has 2 atom stereocenters. The van der Waals surface area contributed by atoms with Gasteiger partial charge in [0.05, 0.1) is 20.3 Å². The smallest absolute Gasteiger partial charge is 0.162 e. The van der Waals surface area contributed by atoms with Gasteiger partial charge in [-0.05, 0) is 71.0 Å². The van der Waals surface area contributed by atoms with Crippen LogP contribution in [0.1, 0.15) is 45.6 Å². The van der Waals surface area contributed by atoms with E-state index in [1.807, 2.05) is 24.3 Å². The Bertz CT molecular complexity index is 1630. The molecule has 2 unspecified atom stereocenters. The Kier molecular flexibility index (Phi) is 6.01. The number of methoxy groups -OCH3 is 2. The van der Waals surface area contributed by atoms with Crippen molar-refractivity contribution in [2.24, 2.45) is 0 Å². The van der Waals surface area contributed by atoms with E-state index in [2.05, 4.69) is 76.6 Å². The molecule has 1 aromatic heterocycles. The summed E-state index contributed by atoms with van der Waals surface area (Å²) in [6.07, 6.45) is 1.89. The van der Waals surface area contributed by atoms with Gasteiger partial charge in [0.25, 0.3) is 0 Å². The van der Waals surface area contributed by atoms with Crippen LogP contribution < -0.4 is 14.2 Å². The first-order valence-corrected chi connectivity index (χ1v) is 13.6. The number of aromatic nitrogens is 1. The lowest BCUT2D eigenvalue weighted by Crippen LogP contribution is -2.43. The van der Waals surface area contributed by atoms with E-state index in [-0.39, 0.29) is 12.1 Å². The molecule has 2 aliphatic heterocycles. The Hall–Kier alpha value is -4.22. The average molecular weight is 517 g/mol. The lowest BCUT2D eigenvalue weighted by molar-refractivity contribution is 0.127. The van der Waals surface area contributed by atoms with E-state index in [0.29, 0.717) is 6.61 Å². The molecule has 3 heterocycles. The summed E-state index contributed by atoms with van der Waals surface area (Å²) in [5, 5.41) is 1.24. The van der Waals surface area contributed by atoms with Crippen molar-refractivity contribution >= 4 is 10.9 Å². The zero-order valence-corrected chi connectivity index (χ0v) is 22.3. The van der Waals surface area contributed by atoms with E-state index >= 15 is 0 Å². The van der Waals surface area contributed by atoms with Crippen molar-refractivity contribution in [2.75, 3.05) is 20.8 Å². The van der Waals surface area contributed by atoms with Crippen molar-refractivity contribution in [2.45, 2.75) is 31.5 Å². The van der Waals surface area contributed by atoms with Crippen molar-refractivity contribution in [1.82, 2.24) is 9.88 Å². The molecule has 0 saturated heterocycles. The van der Waals surface area contributed by atoms with E-state index < -0.39 is 0 Å². The number of hydrogen-bond acceptors (Lipinski definition) is 4. The summed E-state index contributed by atoms with van der Waals surface area (Å²) in [6, 6.07) is 32.3. The van der Waals surface area contributed by atoms with Crippen LogP contribution in [0, 0.1) is 0 Å². The SMILES string of the molecule is COc1ccc2[nH]c3c(c2c1)CC1c2cc(OCc4ccccc4)c(OC)cc2CCN1C3c1ccccc1. The first-order chi connectivity index (χ1) is 19.2. The number of H-pyrrole nitrogens is 1. The number of ether oxygens (including phenoxy) is 3. The van der Waals surface area contributed by atoms with Gasteiger partial charge in [0, 0.05) is 29.2 Å². The molecule has 5 heteroatoms. The molecule has 0 saturated carbocycles. The minimum atomic E-state index is 0.141. The van der Waals surface area contributed by atoms with E-state index in [4.69, 9.17) is 14.2 Å². The largest absolute Gasteiger partial charge is 0.497 e. The van der Waals surface area contributed by atoms with E-state index in [9.17, 15) is 0 Å². The maximum atomic E-state index is 6.36. The Balaban J connectivity index is 1.34. The molecule has 4 aromatic carbocycles. The lowest BCUT2D eigenvalue weighted by atomic mass is 9.80. The zero-order chi connectivity index (χ0) is 26.3. The average Bonchev–Trinajstić information content (AvgIpc) is 3.36. The molecule has 1 N–H and O–H groups in total. The summed E-state index contributed by atoms with van der Waals surface area (Å²) in [6.45, 7) is 1.48. The second kappa shape index (κ2) is 9.83. The standard InChI is InChI=1S/C34H32N2O3/c1-37-25-13-14-29-27(18-25)28-19-30-26-20-32(39-21-22-9-5-3-6-10-22)31(38-2)17-24(26)15-16-36(30)34(33(28)35-29)23-11-7-4-8-12-23/h3-14,17-18,20,30,34-35H,15-16,19,21H2,1-2H3. The third-order valence-electron chi connectivity index (χ3n) is 8.33. The fourth-order valence-corrected chi connectivity index (χ4v) is 6.45. The molecule has 39 heavy (non-hydrogen) atoms. The minimum absolute atomic E-state index is 0.141. The van der Waals surface area contributed by atoms with Crippen LogP contribution in [0.15, 0.2) is 91.0 Å². The van der Waals surface area contributed by atoms with Gasteiger partial charge in [0.2, 0.25) is 0 Å². The summed E-state index contributed by atoms with van der Waals surface area (Å²) in [5.41, 5.74) is 8.93. The quantitative estimate of drug-likeness (QED) is 0.264. The second-order valence-corrected chi connectivity index (χ2v) is 10.4. The van der Waals surface area contributed by atoms with Gasteiger partial charge in [-0.2, -0.15) is 0 Å². The minimum Gasteiger partial charge on any atom is -0.497 e. The van der Waals surface area contributed by atoms with Crippen LogP contribution in [0.2, 0.25) is 0 Å². The van der Waals surface area contributed by atoms with E-state index in [1.165, 1.54) is 33.3 Å². The normalized spacial score (nSPS) is 18.2. The van der Waals surface area contributed by atoms with Crippen LogP contribution in [0.25, 0.3) is 10.9 Å². The predicted molar refractivity (Wildman–Crippen MR) is 154 cm³/mol. The van der Waals surface area contributed by atoms with Crippen LogP contribution in [0.4, 0.5) is 0 Å². The molecular weight excluding hydrogens is 484 g/mol. The Morgan fingerprint density at radius 2 is 1.64 bits per heavy atom. The van der Waals surface area contributed by atoms with Gasteiger partial charge in [0.1, 0.15) is 12.4 Å². The van der Waals surface area contributed by atoms with Crippen LogP contribution >= 0.6 is 0 Å². The molecule has 0 fully saturated rings. The maximum absolute atomic E-state index is 6.36. The van der Waals surface area contributed by atoms with E-state index in [1.54, 1.807) is 14.2 Å². The van der Waals surface area contributed by atoms with Gasteiger partial charge < -0.3 is 19.2 Å². The monoisotopic (exact) mass is 516 g/mol. The Morgan fingerprint density at radius 1 is 0.846 bits per heavy atom. The van der Waals surface area contributed by atoms with Crippen LogP contribution in [0.5, 0.6) is 17.2 Å². The van der Waals surface area contributed by atoms with Crippen molar-refractivity contribution in [3.05, 3.63) is 125 Å². The van der Waals surface area contributed by atoms with Gasteiger partial charge in [0.15, 0.2) is 11.5 Å². The Morgan fingerprint density at radius 3 is 2.41 bits per heavy atom. The lowest BCUT2D eigenvalue weighted by Gasteiger charge is -2.46. The van der Waals surface area contributed by atoms with Gasteiger partial charge in [-0.15, -0.1) is 0 Å². The van der Waals surface area contributed by atoms with Crippen molar-refractivity contribution in [1.29, 1.82) is 0 Å². The van der Waals surface area contributed by atoms with E-state index in [0.717, 1.165) is 47.7 Å². The third-order valence-corrected chi connectivity index (χ3v) is 8.33. The first kappa shape index (κ1) is 23.9. The fourth-order valence-electron chi connectivity index (χ4n) is 6.45. The number of rotatable bonds is 6. The molecule has 0 radical (unpaired) electrons. The fraction of sp³-hybridized carbons (Fsp3) is 0.235.